The van der Waals surface area contributed by atoms with Gasteiger partial charge in [-0.2, -0.15) is 5.10 Å². The number of rotatable bonds is 4. The number of nitrogens with zero attached hydrogens (tertiary/aromatic N) is 3. The molecule has 1 saturated heterocycles. The Balaban J connectivity index is 1.78. The van der Waals surface area contributed by atoms with E-state index in [0.717, 1.165) is 25.7 Å². The van der Waals surface area contributed by atoms with E-state index in [1.165, 1.54) is 4.68 Å². The molecule has 1 fully saturated rings. The van der Waals surface area contributed by atoms with Gasteiger partial charge in [0.15, 0.2) is 12.3 Å². The van der Waals surface area contributed by atoms with Gasteiger partial charge in [-0.15, -0.1) is 0 Å². The first-order chi connectivity index (χ1) is 12.6. The first kappa shape index (κ1) is 18.1. The molecule has 26 heavy (non-hydrogen) atoms. The van der Waals surface area contributed by atoms with E-state index in [2.05, 4.69) is 5.10 Å². The summed E-state index contributed by atoms with van der Waals surface area (Å²) < 4.78 is 6.46. The number of amides is 1. The number of hydrogen-bond acceptors (Lipinski definition) is 5. The highest BCUT2D eigenvalue weighted by atomic mass is 16.5. The lowest BCUT2D eigenvalue weighted by Crippen LogP contribution is -2.35. The van der Waals surface area contributed by atoms with Crippen LogP contribution in [-0.4, -0.2) is 46.3 Å². The number of ether oxygens (including phenoxy) is 1. The number of benzene rings is 1. The molecule has 0 unspecified atom stereocenters. The summed E-state index contributed by atoms with van der Waals surface area (Å²) in [5.74, 6) is -0.875. The monoisotopic (exact) mass is 357 g/mol. The largest absolute Gasteiger partial charge is 0.451 e. The highest BCUT2D eigenvalue weighted by Crippen LogP contribution is 2.15. The predicted octanol–water partition coefficient (Wildman–Crippen LogP) is 1.98. The third-order valence-corrected chi connectivity index (χ3v) is 4.65. The van der Waals surface area contributed by atoms with Gasteiger partial charge in [-0.1, -0.05) is 31.0 Å². The minimum atomic E-state index is -0.688. The Bertz CT molecular complexity index is 867. The molecule has 2 heterocycles. The maximum absolute atomic E-state index is 12.5. The molecule has 0 aliphatic carbocycles. The summed E-state index contributed by atoms with van der Waals surface area (Å²) in [6, 6.07) is 6.79. The van der Waals surface area contributed by atoms with E-state index >= 15 is 0 Å². The van der Waals surface area contributed by atoms with Crippen LogP contribution in [0.2, 0.25) is 0 Å². The highest BCUT2D eigenvalue weighted by molar-refractivity contribution is 6.02. The molecule has 0 radical (unpaired) electrons. The van der Waals surface area contributed by atoms with E-state index in [9.17, 15) is 14.4 Å². The van der Waals surface area contributed by atoms with Gasteiger partial charge in [0.2, 0.25) is 0 Å². The van der Waals surface area contributed by atoms with Crippen LogP contribution in [0.1, 0.15) is 43.1 Å². The van der Waals surface area contributed by atoms with E-state index in [4.69, 9.17) is 4.74 Å². The Morgan fingerprint density at radius 1 is 1.08 bits per heavy atom. The van der Waals surface area contributed by atoms with Crippen molar-refractivity contribution >= 4 is 22.6 Å². The maximum atomic E-state index is 12.5. The molecule has 7 heteroatoms. The molecule has 1 aromatic heterocycles. The quantitative estimate of drug-likeness (QED) is 0.782. The van der Waals surface area contributed by atoms with Crippen molar-refractivity contribution in [3.8, 4) is 0 Å². The number of carbonyl (C=O) groups is 2. The van der Waals surface area contributed by atoms with Crippen molar-refractivity contribution in [3.05, 3.63) is 40.3 Å². The SMILES string of the molecule is CCn1nc(C(=O)OCC(=O)N2CCCCCC2)c2ccccc2c1=O. The van der Waals surface area contributed by atoms with Gasteiger partial charge in [0.25, 0.3) is 11.5 Å². The molecule has 0 N–H and O–H groups in total. The van der Waals surface area contributed by atoms with E-state index in [-0.39, 0.29) is 23.8 Å². The van der Waals surface area contributed by atoms with Gasteiger partial charge in [0.05, 0.1) is 5.39 Å². The second-order valence-corrected chi connectivity index (χ2v) is 6.39. The van der Waals surface area contributed by atoms with Gasteiger partial charge < -0.3 is 9.64 Å². The van der Waals surface area contributed by atoms with Crippen LogP contribution in [0.15, 0.2) is 29.1 Å². The maximum Gasteiger partial charge on any atom is 0.359 e. The van der Waals surface area contributed by atoms with Crippen LogP contribution in [-0.2, 0) is 16.1 Å². The molecule has 0 spiro atoms. The summed E-state index contributed by atoms with van der Waals surface area (Å²) in [6.45, 7) is 3.23. The van der Waals surface area contributed by atoms with Gasteiger partial charge in [-0.05, 0) is 25.8 Å². The third-order valence-electron chi connectivity index (χ3n) is 4.65. The molecule has 1 aliphatic rings. The van der Waals surface area contributed by atoms with Crippen LogP contribution in [0.3, 0.4) is 0 Å². The van der Waals surface area contributed by atoms with E-state index < -0.39 is 5.97 Å². The second kappa shape index (κ2) is 8.12. The van der Waals surface area contributed by atoms with Crippen LogP contribution < -0.4 is 5.56 Å². The highest BCUT2D eigenvalue weighted by Gasteiger charge is 2.21. The van der Waals surface area contributed by atoms with E-state index in [0.29, 0.717) is 30.4 Å². The molecule has 7 nitrogen and oxygen atoms in total. The fraction of sp³-hybridized carbons (Fsp3) is 0.474. The van der Waals surface area contributed by atoms with E-state index in [1.807, 2.05) is 0 Å². The Kier molecular flexibility index (Phi) is 5.65. The zero-order valence-corrected chi connectivity index (χ0v) is 14.9. The van der Waals surface area contributed by atoms with Crippen molar-refractivity contribution < 1.29 is 14.3 Å². The number of fused-ring (bicyclic) bond motifs is 1. The standard InChI is InChI=1S/C19H23N3O4/c1-2-22-18(24)15-10-6-5-9-14(15)17(20-22)19(25)26-13-16(23)21-11-7-3-4-8-12-21/h5-6,9-10H,2-4,7-8,11-13H2,1H3. The summed E-state index contributed by atoms with van der Waals surface area (Å²) in [5, 5.41) is 4.98. The summed E-state index contributed by atoms with van der Waals surface area (Å²) in [4.78, 5) is 38.9. The fourth-order valence-electron chi connectivity index (χ4n) is 3.21. The topological polar surface area (TPSA) is 81.5 Å². The summed E-state index contributed by atoms with van der Waals surface area (Å²) in [6.07, 6.45) is 4.21. The molecule has 0 bridgehead atoms. The Morgan fingerprint density at radius 3 is 2.38 bits per heavy atom. The summed E-state index contributed by atoms with van der Waals surface area (Å²) >= 11 is 0. The van der Waals surface area contributed by atoms with Crippen molar-refractivity contribution in [2.24, 2.45) is 0 Å². The predicted molar refractivity (Wildman–Crippen MR) is 97.0 cm³/mol. The number of likely N-dealkylation sites (tertiary alicyclic amines) is 1. The molecule has 1 aliphatic heterocycles. The van der Waals surface area contributed by atoms with Gasteiger partial charge in [-0.25, -0.2) is 9.48 Å². The van der Waals surface area contributed by atoms with Gasteiger partial charge in [0.1, 0.15) is 0 Å². The van der Waals surface area contributed by atoms with Crippen molar-refractivity contribution in [3.63, 3.8) is 0 Å². The lowest BCUT2D eigenvalue weighted by molar-refractivity contribution is -0.134. The zero-order valence-electron chi connectivity index (χ0n) is 14.9. The summed E-state index contributed by atoms with van der Waals surface area (Å²) in [5.41, 5.74) is -0.189. The smallest absolute Gasteiger partial charge is 0.359 e. The summed E-state index contributed by atoms with van der Waals surface area (Å²) in [7, 11) is 0. The van der Waals surface area contributed by atoms with Crippen molar-refractivity contribution in [2.75, 3.05) is 19.7 Å². The van der Waals surface area contributed by atoms with Gasteiger partial charge >= 0.3 is 5.97 Å². The first-order valence-corrected chi connectivity index (χ1v) is 9.06. The van der Waals surface area contributed by atoms with Crippen molar-refractivity contribution in [2.45, 2.75) is 39.2 Å². The number of esters is 1. The van der Waals surface area contributed by atoms with Crippen LogP contribution in [0.4, 0.5) is 0 Å². The Hall–Kier alpha value is -2.70. The molecule has 0 atom stereocenters. The third kappa shape index (κ3) is 3.76. The average molecular weight is 357 g/mol. The molecule has 2 aromatic rings. The van der Waals surface area contributed by atoms with Crippen LogP contribution >= 0.6 is 0 Å². The molecule has 1 aromatic carbocycles. The lowest BCUT2D eigenvalue weighted by Gasteiger charge is -2.20. The Morgan fingerprint density at radius 2 is 1.73 bits per heavy atom. The molecule has 1 amide bonds. The minimum absolute atomic E-state index is 0.0608. The fourth-order valence-corrected chi connectivity index (χ4v) is 3.21. The first-order valence-electron chi connectivity index (χ1n) is 9.06. The average Bonchev–Trinajstić information content (AvgIpc) is 2.96. The molecular formula is C19H23N3O4. The second-order valence-electron chi connectivity index (χ2n) is 6.39. The Labute approximate surface area is 151 Å². The van der Waals surface area contributed by atoms with Crippen LogP contribution in [0.5, 0.6) is 0 Å². The number of aromatic nitrogens is 2. The van der Waals surface area contributed by atoms with E-state index in [1.54, 1.807) is 36.1 Å². The van der Waals surface area contributed by atoms with Crippen molar-refractivity contribution in [1.29, 1.82) is 0 Å². The number of hydrogen-bond donors (Lipinski definition) is 0. The molecule has 0 saturated carbocycles. The van der Waals surface area contributed by atoms with Crippen molar-refractivity contribution in [1.82, 2.24) is 14.7 Å². The van der Waals surface area contributed by atoms with Gasteiger partial charge in [-0.3, -0.25) is 9.59 Å². The van der Waals surface area contributed by atoms with Gasteiger partial charge in [0, 0.05) is 25.0 Å². The number of carbonyl (C=O) groups excluding carboxylic acids is 2. The molecule has 138 valence electrons. The van der Waals surface area contributed by atoms with Crippen LogP contribution in [0.25, 0.3) is 10.8 Å². The molecule has 3 rings (SSSR count). The number of aryl methyl sites for hydroxylation is 1. The normalized spacial score (nSPS) is 14.9. The zero-order chi connectivity index (χ0) is 18.5. The van der Waals surface area contributed by atoms with Crippen LogP contribution in [0, 0.1) is 0 Å². The lowest BCUT2D eigenvalue weighted by atomic mass is 10.1. The minimum Gasteiger partial charge on any atom is -0.451 e. The molecular weight excluding hydrogens is 334 g/mol.